The fourth-order valence-electron chi connectivity index (χ4n) is 0.786. The summed E-state index contributed by atoms with van der Waals surface area (Å²) in [5, 5.41) is 4.07. The molecule has 0 amide bonds. The van der Waals surface area contributed by atoms with Crippen molar-refractivity contribution in [3.05, 3.63) is 24.5 Å². The molecule has 1 aromatic rings. The summed E-state index contributed by atoms with van der Waals surface area (Å²) in [5.74, 6) is 2.56. The van der Waals surface area contributed by atoms with Crippen molar-refractivity contribution in [2.75, 3.05) is 0 Å². The second kappa shape index (κ2) is 3.62. The third-order valence-electron chi connectivity index (χ3n) is 1.37. The maximum atomic E-state index is 5.10. The molecule has 0 aliphatic heterocycles. The number of rotatable bonds is 3. The molecule has 0 bridgehead atoms. The molecule has 2 nitrogen and oxygen atoms in total. The molecule has 0 N–H and O–H groups in total. The quantitative estimate of drug-likeness (QED) is 0.591. The van der Waals surface area contributed by atoms with Crippen molar-refractivity contribution < 1.29 is 0 Å². The maximum absolute atomic E-state index is 5.10. The van der Waals surface area contributed by atoms with Gasteiger partial charge in [0.2, 0.25) is 0 Å². The smallest absolute Gasteiger partial charge is 0.0562 e. The first kappa shape index (κ1) is 7.62. The van der Waals surface area contributed by atoms with E-state index in [0.29, 0.717) is 0 Å². The molecule has 1 heterocycles. The van der Waals surface area contributed by atoms with Gasteiger partial charge < -0.3 is 0 Å². The Hall–Kier alpha value is -1.49. The minimum absolute atomic E-state index is 0.720. The lowest BCUT2D eigenvalue weighted by atomic mass is 10.4. The van der Waals surface area contributed by atoms with E-state index < -0.39 is 0 Å². The molecule has 2 heteroatoms. The molecule has 11 heavy (non-hydrogen) atoms. The van der Waals surface area contributed by atoms with Crippen LogP contribution in [0.5, 0.6) is 0 Å². The standard InChI is InChI=1S/C9H10N2/c1-3-5-6-11-8-9(4-2)7-10-11/h1,4,7-8H,2,5-6H2. The Labute approximate surface area is 66.5 Å². The van der Waals surface area contributed by atoms with Crippen LogP contribution in [0.3, 0.4) is 0 Å². The number of aryl methyl sites for hydroxylation is 1. The molecule has 0 saturated heterocycles. The molecule has 0 fully saturated rings. The Kier molecular flexibility index (Phi) is 2.51. The summed E-state index contributed by atoms with van der Waals surface area (Å²) >= 11 is 0. The third-order valence-corrected chi connectivity index (χ3v) is 1.37. The molecular formula is C9H10N2. The number of terminal acetylenes is 1. The topological polar surface area (TPSA) is 17.8 Å². The summed E-state index contributed by atoms with van der Waals surface area (Å²) in [4.78, 5) is 0. The third kappa shape index (κ3) is 1.98. The summed E-state index contributed by atoms with van der Waals surface area (Å²) in [7, 11) is 0. The highest BCUT2D eigenvalue weighted by molar-refractivity contribution is 5.43. The van der Waals surface area contributed by atoms with Crippen LogP contribution >= 0.6 is 0 Å². The average Bonchev–Trinajstić information content (AvgIpc) is 2.48. The summed E-state index contributed by atoms with van der Waals surface area (Å²) < 4.78 is 1.82. The van der Waals surface area contributed by atoms with Crippen LogP contribution in [-0.2, 0) is 6.54 Å². The van der Waals surface area contributed by atoms with Crippen molar-refractivity contribution in [3.8, 4) is 12.3 Å². The van der Waals surface area contributed by atoms with Gasteiger partial charge in [-0.2, -0.15) is 5.10 Å². The normalized spacial score (nSPS) is 9.00. The SMILES string of the molecule is C#CCCn1cc(C=C)cn1. The lowest BCUT2D eigenvalue weighted by Gasteiger charge is -1.93. The first-order valence-corrected chi connectivity index (χ1v) is 3.45. The van der Waals surface area contributed by atoms with Gasteiger partial charge in [-0.3, -0.25) is 4.68 Å². The Bertz CT molecular complexity index is 278. The number of hydrogen-bond acceptors (Lipinski definition) is 1. The van der Waals surface area contributed by atoms with Crippen molar-refractivity contribution in [2.45, 2.75) is 13.0 Å². The van der Waals surface area contributed by atoms with Gasteiger partial charge in [0, 0.05) is 18.2 Å². The molecule has 0 unspecified atom stereocenters. The van der Waals surface area contributed by atoms with Crippen LogP contribution in [0.25, 0.3) is 6.08 Å². The van der Waals surface area contributed by atoms with Gasteiger partial charge in [-0.15, -0.1) is 12.3 Å². The first-order valence-electron chi connectivity index (χ1n) is 3.45. The molecule has 56 valence electrons. The van der Waals surface area contributed by atoms with Crippen molar-refractivity contribution in [1.82, 2.24) is 9.78 Å². The molecule has 0 spiro atoms. The highest BCUT2D eigenvalue weighted by atomic mass is 15.3. The monoisotopic (exact) mass is 146 g/mol. The van der Waals surface area contributed by atoms with E-state index in [1.165, 1.54) is 0 Å². The van der Waals surface area contributed by atoms with Crippen molar-refractivity contribution in [1.29, 1.82) is 0 Å². The van der Waals surface area contributed by atoms with Gasteiger partial charge in [0.05, 0.1) is 12.7 Å². The van der Waals surface area contributed by atoms with Crippen LogP contribution in [0.4, 0.5) is 0 Å². The van der Waals surface area contributed by atoms with Crippen LogP contribution in [0, 0.1) is 12.3 Å². The second-order valence-electron chi connectivity index (χ2n) is 2.19. The van der Waals surface area contributed by atoms with Gasteiger partial charge >= 0.3 is 0 Å². The second-order valence-corrected chi connectivity index (χ2v) is 2.19. The van der Waals surface area contributed by atoms with Crippen molar-refractivity contribution in [3.63, 3.8) is 0 Å². The zero-order valence-electron chi connectivity index (χ0n) is 6.33. The van der Waals surface area contributed by atoms with Crippen LogP contribution < -0.4 is 0 Å². The molecule has 1 aromatic heterocycles. The van der Waals surface area contributed by atoms with Crippen LogP contribution in [0.1, 0.15) is 12.0 Å². The number of hydrogen-bond donors (Lipinski definition) is 0. The van der Waals surface area contributed by atoms with E-state index >= 15 is 0 Å². The maximum Gasteiger partial charge on any atom is 0.0562 e. The molecule has 0 aliphatic carbocycles. The highest BCUT2D eigenvalue weighted by Gasteiger charge is 1.91. The van der Waals surface area contributed by atoms with E-state index in [4.69, 9.17) is 6.42 Å². The van der Waals surface area contributed by atoms with Gasteiger partial charge in [-0.05, 0) is 0 Å². The van der Waals surface area contributed by atoms with Crippen LogP contribution in [0.2, 0.25) is 0 Å². The van der Waals surface area contributed by atoms with Gasteiger partial charge in [-0.1, -0.05) is 12.7 Å². The van der Waals surface area contributed by atoms with Crippen LogP contribution in [-0.4, -0.2) is 9.78 Å². The minimum atomic E-state index is 0.720. The van der Waals surface area contributed by atoms with E-state index in [0.717, 1.165) is 18.5 Å². The molecule has 0 saturated carbocycles. The average molecular weight is 146 g/mol. The fraction of sp³-hybridized carbons (Fsp3) is 0.222. The zero-order valence-corrected chi connectivity index (χ0v) is 6.33. The van der Waals surface area contributed by atoms with E-state index in [9.17, 15) is 0 Å². The largest absolute Gasteiger partial charge is 0.271 e. The van der Waals surface area contributed by atoms with Crippen LogP contribution in [0.15, 0.2) is 19.0 Å². The molecule has 0 aliphatic rings. The summed E-state index contributed by atoms with van der Waals surface area (Å²) in [5.41, 5.74) is 1.03. The van der Waals surface area contributed by atoms with E-state index in [-0.39, 0.29) is 0 Å². The van der Waals surface area contributed by atoms with Gasteiger partial charge in [0.25, 0.3) is 0 Å². The molecule has 0 radical (unpaired) electrons. The minimum Gasteiger partial charge on any atom is -0.271 e. The zero-order chi connectivity index (χ0) is 8.10. The Balaban J connectivity index is 2.59. The lowest BCUT2D eigenvalue weighted by molar-refractivity contribution is 0.630. The lowest BCUT2D eigenvalue weighted by Crippen LogP contribution is -1.96. The van der Waals surface area contributed by atoms with Crippen molar-refractivity contribution >= 4 is 6.08 Å². The predicted octanol–water partition coefficient (Wildman–Crippen LogP) is 1.55. The fourth-order valence-corrected chi connectivity index (χ4v) is 0.786. The molecule has 0 atom stereocenters. The number of nitrogens with zero attached hydrogens (tertiary/aromatic N) is 2. The summed E-state index contributed by atoms with van der Waals surface area (Å²) in [6.07, 6.45) is 11.3. The Morgan fingerprint density at radius 3 is 3.18 bits per heavy atom. The summed E-state index contributed by atoms with van der Waals surface area (Å²) in [6.45, 7) is 4.41. The van der Waals surface area contributed by atoms with Gasteiger partial charge in [0.15, 0.2) is 0 Å². The Morgan fingerprint density at radius 1 is 1.82 bits per heavy atom. The molecule has 1 rings (SSSR count). The number of aromatic nitrogens is 2. The summed E-state index contributed by atoms with van der Waals surface area (Å²) in [6, 6.07) is 0. The first-order chi connectivity index (χ1) is 5.36. The van der Waals surface area contributed by atoms with Crippen molar-refractivity contribution in [2.24, 2.45) is 0 Å². The van der Waals surface area contributed by atoms with Gasteiger partial charge in [-0.25, -0.2) is 0 Å². The van der Waals surface area contributed by atoms with Gasteiger partial charge in [0.1, 0.15) is 0 Å². The van der Waals surface area contributed by atoms with E-state index in [2.05, 4.69) is 17.6 Å². The predicted molar refractivity (Wildman–Crippen MR) is 45.8 cm³/mol. The molecular weight excluding hydrogens is 136 g/mol. The van der Waals surface area contributed by atoms with E-state index in [1.807, 2.05) is 10.9 Å². The molecule has 0 aromatic carbocycles. The highest BCUT2D eigenvalue weighted by Crippen LogP contribution is 1.98. The van der Waals surface area contributed by atoms with E-state index in [1.54, 1.807) is 12.3 Å². The Morgan fingerprint density at radius 2 is 2.64 bits per heavy atom.